The Morgan fingerprint density at radius 2 is 0.506 bits per heavy atom. The highest BCUT2D eigenvalue weighted by atomic mass is 16.6. The fraction of sp³-hybridized carbons (Fsp3) is 0.720. The van der Waals surface area contributed by atoms with E-state index in [0.717, 1.165) is 135 Å². The zero-order valence-corrected chi connectivity index (χ0v) is 53.3. The number of hydrogen-bond acceptors (Lipinski definition) is 6. The molecule has 6 heteroatoms. The van der Waals surface area contributed by atoms with Crippen LogP contribution >= 0.6 is 0 Å². The van der Waals surface area contributed by atoms with Gasteiger partial charge in [-0.1, -0.05) is 297 Å². The first kappa shape index (κ1) is 77.1. The molecule has 0 amide bonds. The van der Waals surface area contributed by atoms with Crippen molar-refractivity contribution in [3.63, 3.8) is 0 Å². The highest BCUT2D eigenvalue weighted by Gasteiger charge is 2.19. The number of allylic oxidation sites excluding steroid dienone is 18. The van der Waals surface area contributed by atoms with Crippen LogP contribution in [0.15, 0.2) is 109 Å². The van der Waals surface area contributed by atoms with Gasteiger partial charge >= 0.3 is 17.9 Å². The zero-order chi connectivity index (χ0) is 58.5. The fourth-order valence-corrected chi connectivity index (χ4v) is 9.60. The van der Waals surface area contributed by atoms with Gasteiger partial charge < -0.3 is 14.2 Å². The molecule has 0 aliphatic heterocycles. The smallest absolute Gasteiger partial charge is 0.306 e. The third-order valence-electron chi connectivity index (χ3n) is 14.7. The van der Waals surface area contributed by atoms with E-state index in [1.165, 1.54) is 154 Å². The second-order valence-corrected chi connectivity index (χ2v) is 22.7. The number of unbranched alkanes of at least 4 members (excludes halogenated alkanes) is 33. The van der Waals surface area contributed by atoms with Crippen LogP contribution in [0.1, 0.15) is 329 Å². The average Bonchev–Trinajstić information content (AvgIpc) is 3.46. The Morgan fingerprint density at radius 3 is 0.815 bits per heavy atom. The summed E-state index contributed by atoms with van der Waals surface area (Å²) < 4.78 is 16.9. The van der Waals surface area contributed by atoms with Gasteiger partial charge in [-0.05, 0) is 122 Å². The standard InChI is InChI=1S/C75H128O6/c1-4-7-10-13-16-19-22-25-27-29-31-32-33-34-35-36-37-38-39-40-41-42-44-45-47-50-53-56-59-62-65-68-74(77)80-71-72(70-79-73(76)67-64-61-58-55-52-49-24-21-18-15-12-9-6-3)81-75(78)69-66-63-60-57-54-51-48-46-43-30-28-26-23-20-17-14-11-8-5-2/h8,11-12,15,17,20-22,24-26,28-29,31,43,46,51,54,72H,4-7,9-10,13-14,16,18-19,23,27,30,32-42,44-45,47-50,52-53,55-71H2,1-3H3/b11-8-,15-12-,20-17-,24-21-,25-22-,28-26-,31-29-,46-43-,54-51-. The molecule has 0 saturated heterocycles. The lowest BCUT2D eigenvalue weighted by atomic mass is 10.0. The summed E-state index contributed by atoms with van der Waals surface area (Å²) >= 11 is 0. The monoisotopic (exact) mass is 1120 g/mol. The quantitative estimate of drug-likeness (QED) is 0.0261. The lowest BCUT2D eigenvalue weighted by Crippen LogP contribution is -2.30. The molecule has 0 rings (SSSR count). The molecule has 0 aliphatic carbocycles. The minimum atomic E-state index is -0.803. The molecule has 6 nitrogen and oxygen atoms in total. The van der Waals surface area contributed by atoms with Crippen molar-refractivity contribution >= 4 is 17.9 Å². The van der Waals surface area contributed by atoms with Crippen LogP contribution in [-0.2, 0) is 28.6 Å². The Bertz CT molecular complexity index is 1620. The lowest BCUT2D eigenvalue weighted by Gasteiger charge is -2.18. The van der Waals surface area contributed by atoms with Crippen LogP contribution < -0.4 is 0 Å². The van der Waals surface area contributed by atoms with Gasteiger partial charge in [-0.25, -0.2) is 0 Å². The topological polar surface area (TPSA) is 78.9 Å². The molecule has 0 bridgehead atoms. The third kappa shape index (κ3) is 66.8. The van der Waals surface area contributed by atoms with Gasteiger partial charge in [0.2, 0.25) is 0 Å². The van der Waals surface area contributed by atoms with Crippen LogP contribution in [0.25, 0.3) is 0 Å². The molecule has 0 N–H and O–H groups in total. The summed E-state index contributed by atoms with van der Waals surface area (Å²) in [6, 6.07) is 0. The summed E-state index contributed by atoms with van der Waals surface area (Å²) in [5.41, 5.74) is 0. The summed E-state index contributed by atoms with van der Waals surface area (Å²) in [6.07, 6.45) is 94.1. The van der Waals surface area contributed by atoms with Crippen LogP contribution in [0, 0.1) is 0 Å². The molecule has 464 valence electrons. The predicted molar refractivity (Wildman–Crippen MR) is 353 cm³/mol. The Balaban J connectivity index is 4.25. The molecular formula is C75H128O6. The molecule has 0 aromatic rings. The minimum absolute atomic E-state index is 0.0950. The molecule has 0 aromatic carbocycles. The van der Waals surface area contributed by atoms with Crippen molar-refractivity contribution < 1.29 is 28.6 Å². The number of rotatable bonds is 62. The Labute approximate surface area is 501 Å². The number of carbonyl (C=O) groups excluding carboxylic acids is 3. The van der Waals surface area contributed by atoms with Crippen LogP contribution in [0.4, 0.5) is 0 Å². The van der Waals surface area contributed by atoms with Crippen molar-refractivity contribution in [3.8, 4) is 0 Å². The van der Waals surface area contributed by atoms with Gasteiger partial charge in [-0.15, -0.1) is 0 Å². The maximum absolute atomic E-state index is 12.9. The van der Waals surface area contributed by atoms with E-state index in [4.69, 9.17) is 14.2 Å². The maximum atomic E-state index is 12.9. The Kier molecular flexibility index (Phi) is 65.2. The van der Waals surface area contributed by atoms with Crippen molar-refractivity contribution in [2.75, 3.05) is 13.2 Å². The van der Waals surface area contributed by atoms with Gasteiger partial charge in [0, 0.05) is 19.3 Å². The molecule has 0 spiro atoms. The molecule has 0 radical (unpaired) electrons. The fourth-order valence-electron chi connectivity index (χ4n) is 9.60. The number of carbonyl (C=O) groups is 3. The van der Waals surface area contributed by atoms with Gasteiger partial charge in [0.25, 0.3) is 0 Å². The highest BCUT2D eigenvalue weighted by Crippen LogP contribution is 2.17. The molecule has 0 fully saturated rings. The Morgan fingerprint density at radius 1 is 0.259 bits per heavy atom. The summed E-state index contributed by atoms with van der Waals surface area (Å²) in [5, 5.41) is 0. The van der Waals surface area contributed by atoms with E-state index < -0.39 is 6.10 Å². The molecular weight excluding hydrogens is 997 g/mol. The second-order valence-electron chi connectivity index (χ2n) is 22.7. The van der Waals surface area contributed by atoms with Crippen LogP contribution in [-0.4, -0.2) is 37.2 Å². The largest absolute Gasteiger partial charge is 0.462 e. The van der Waals surface area contributed by atoms with E-state index in [0.29, 0.717) is 12.8 Å². The van der Waals surface area contributed by atoms with Crippen molar-refractivity contribution in [1.82, 2.24) is 0 Å². The number of esters is 3. The number of hydrogen-bond donors (Lipinski definition) is 0. The normalized spacial score (nSPS) is 12.8. The summed E-state index contributed by atoms with van der Waals surface area (Å²) in [6.45, 7) is 6.44. The first-order valence-corrected chi connectivity index (χ1v) is 34.4. The summed E-state index contributed by atoms with van der Waals surface area (Å²) in [7, 11) is 0. The summed E-state index contributed by atoms with van der Waals surface area (Å²) in [4.78, 5) is 38.3. The van der Waals surface area contributed by atoms with Crippen molar-refractivity contribution in [1.29, 1.82) is 0 Å². The van der Waals surface area contributed by atoms with Gasteiger partial charge in [-0.3, -0.25) is 14.4 Å². The third-order valence-corrected chi connectivity index (χ3v) is 14.7. The average molecular weight is 1130 g/mol. The molecule has 1 unspecified atom stereocenters. The van der Waals surface area contributed by atoms with E-state index >= 15 is 0 Å². The first-order valence-electron chi connectivity index (χ1n) is 34.4. The van der Waals surface area contributed by atoms with Crippen LogP contribution in [0.5, 0.6) is 0 Å². The molecule has 81 heavy (non-hydrogen) atoms. The molecule has 0 aliphatic rings. The van der Waals surface area contributed by atoms with E-state index in [9.17, 15) is 14.4 Å². The van der Waals surface area contributed by atoms with Gasteiger partial charge in [0.05, 0.1) is 0 Å². The highest BCUT2D eigenvalue weighted by molar-refractivity contribution is 5.71. The minimum Gasteiger partial charge on any atom is -0.462 e. The van der Waals surface area contributed by atoms with E-state index in [-0.39, 0.29) is 37.5 Å². The molecule has 1 atom stereocenters. The SMILES string of the molecule is CC/C=C\C/C=C\C/C=C\C/C=C\C/C=C\CCCCCC(=O)OC(COC(=O)CCCCCCC/C=C\C/C=C\CCC)COC(=O)CCCCCCCCCCCCCCCCCCCCC/C=C\C/C=C\CCCCCCC. The van der Waals surface area contributed by atoms with Crippen LogP contribution in [0.2, 0.25) is 0 Å². The van der Waals surface area contributed by atoms with Crippen molar-refractivity contribution in [2.45, 2.75) is 335 Å². The van der Waals surface area contributed by atoms with Gasteiger partial charge in [-0.2, -0.15) is 0 Å². The van der Waals surface area contributed by atoms with Crippen molar-refractivity contribution in [2.24, 2.45) is 0 Å². The van der Waals surface area contributed by atoms with E-state index in [1.807, 2.05) is 0 Å². The van der Waals surface area contributed by atoms with Crippen molar-refractivity contribution in [3.05, 3.63) is 109 Å². The zero-order valence-electron chi connectivity index (χ0n) is 53.3. The number of ether oxygens (including phenoxy) is 3. The summed E-state index contributed by atoms with van der Waals surface area (Å²) in [5.74, 6) is -0.933. The van der Waals surface area contributed by atoms with Crippen LogP contribution in [0.3, 0.4) is 0 Å². The maximum Gasteiger partial charge on any atom is 0.306 e. The predicted octanol–water partition coefficient (Wildman–Crippen LogP) is 23.8. The van der Waals surface area contributed by atoms with Gasteiger partial charge in [0.15, 0.2) is 6.10 Å². The lowest BCUT2D eigenvalue weighted by molar-refractivity contribution is -0.167. The Hall–Kier alpha value is -3.93. The molecule has 0 heterocycles. The van der Waals surface area contributed by atoms with E-state index in [2.05, 4.69) is 130 Å². The molecule has 0 aromatic heterocycles. The first-order chi connectivity index (χ1) is 40.0. The van der Waals surface area contributed by atoms with Gasteiger partial charge in [0.1, 0.15) is 13.2 Å². The molecule has 0 saturated carbocycles. The second kappa shape index (κ2) is 68.6. The van der Waals surface area contributed by atoms with E-state index in [1.54, 1.807) is 0 Å².